The Hall–Kier alpha value is -3.66. The number of nitrogens with zero attached hydrogens (tertiary/aromatic N) is 2. The standard InChI is InChI=1S/C31H39ClN6O3/c1-30(2,3)38-29(39)21-8-7-9-23(15-21)41-26-11-10-22(16-25(26)32)37-28-24-14-20(17-36-31(4,5)18-40-6)12-13-33-27(24)34-19-35-28/h7-11,14-16,19,36H,12-13,17-18H2,1-6H3,(H,38,39)(H2,33,34,35,37). The maximum atomic E-state index is 12.6. The lowest BCUT2D eigenvalue weighted by molar-refractivity contribution is 0.0919. The van der Waals surface area contributed by atoms with E-state index < -0.39 is 0 Å². The molecule has 1 amide bonds. The van der Waals surface area contributed by atoms with Crippen molar-refractivity contribution in [1.29, 1.82) is 0 Å². The van der Waals surface area contributed by atoms with Gasteiger partial charge in [-0.15, -0.1) is 0 Å². The molecular weight excluding hydrogens is 540 g/mol. The number of halogens is 1. The zero-order valence-electron chi connectivity index (χ0n) is 24.5. The van der Waals surface area contributed by atoms with Crippen LogP contribution in [0.5, 0.6) is 11.5 Å². The SMILES string of the molecule is COCC(C)(C)NCC1=Cc2c(ncnc2Nc2ccc(Oc3cccc(C(=O)NC(C)(C)C)c3)c(Cl)c2)NCC1. The topological polar surface area (TPSA) is 109 Å². The van der Waals surface area contributed by atoms with Gasteiger partial charge in [-0.1, -0.05) is 23.2 Å². The summed E-state index contributed by atoms with van der Waals surface area (Å²) in [5, 5.41) is 13.7. The number of aromatic nitrogens is 2. The van der Waals surface area contributed by atoms with Crippen LogP contribution in [0.1, 0.15) is 57.0 Å². The Labute approximate surface area is 247 Å². The lowest BCUT2D eigenvalue weighted by Gasteiger charge is -2.26. The highest BCUT2D eigenvalue weighted by atomic mass is 35.5. The maximum Gasteiger partial charge on any atom is 0.251 e. The van der Waals surface area contributed by atoms with Crippen molar-refractivity contribution in [2.45, 2.75) is 52.1 Å². The van der Waals surface area contributed by atoms with Crippen molar-refractivity contribution in [1.82, 2.24) is 20.6 Å². The first-order valence-corrected chi connectivity index (χ1v) is 14.0. The first-order valence-electron chi connectivity index (χ1n) is 13.6. The van der Waals surface area contributed by atoms with Crippen LogP contribution in [0.2, 0.25) is 5.02 Å². The van der Waals surface area contributed by atoms with Gasteiger partial charge >= 0.3 is 0 Å². The van der Waals surface area contributed by atoms with Gasteiger partial charge in [-0.3, -0.25) is 4.79 Å². The zero-order chi connectivity index (χ0) is 29.6. The fraction of sp³-hybridized carbons (Fsp3) is 0.387. The molecule has 0 saturated heterocycles. The van der Waals surface area contributed by atoms with Gasteiger partial charge < -0.3 is 30.7 Å². The van der Waals surface area contributed by atoms with Gasteiger partial charge in [0.2, 0.25) is 0 Å². The minimum atomic E-state index is -0.340. The van der Waals surface area contributed by atoms with Crippen molar-refractivity contribution in [3.8, 4) is 11.5 Å². The second kappa shape index (κ2) is 12.9. The molecule has 1 aromatic heterocycles. The molecule has 0 radical (unpaired) electrons. The van der Waals surface area contributed by atoms with E-state index in [1.807, 2.05) is 26.8 Å². The molecule has 0 unspecified atom stereocenters. The molecule has 4 N–H and O–H groups in total. The normalized spacial score (nSPS) is 13.4. The van der Waals surface area contributed by atoms with Gasteiger partial charge in [-0.25, -0.2) is 9.97 Å². The van der Waals surface area contributed by atoms with E-state index in [0.717, 1.165) is 36.6 Å². The summed E-state index contributed by atoms with van der Waals surface area (Å²) in [5.41, 5.74) is 2.89. The Morgan fingerprint density at radius 1 is 1.10 bits per heavy atom. The third-order valence-electron chi connectivity index (χ3n) is 6.28. The van der Waals surface area contributed by atoms with E-state index in [2.05, 4.69) is 51.2 Å². The maximum absolute atomic E-state index is 12.6. The number of carbonyl (C=O) groups excluding carboxylic acids is 1. The Bertz CT molecular complexity index is 1420. The van der Waals surface area contributed by atoms with Crippen molar-refractivity contribution in [2.24, 2.45) is 0 Å². The molecule has 1 aliphatic rings. The van der Waals surface area contributed by atoms with Gasteiger partial charge in [0.1, 0.15) is 29.5 Å². The molecule has 9 nitrogen and oxygen atoms in total. The first kappa shape index (κ1) is 30.3. The van der Waals surface area contributed by atoms with E-state index in [-0.39, 0.29) is 17.0 Å². The molecule has 41 heavy (non-hydrogen) atoms. The van der Waals surface area contributed by atoms with E-state index in [0.29, 0.717) is 34.5 Å². The number of carbonyl (C=O) groups is 1. The number of fused-ring (bicyclic) bond motifs is 1. The monoisotopic (exact) mass is 578 g/mol. The molecule has 0 spiro atoms. The van der Waals surface area contributed by atoms with Crippen LogP contribution in [-0.4, -0.2) is 53.8 Å². The molecule has 4 rings (SSSR count). The van der Waals surface area contributed by atoms with Crippen molar-refractivity contribution in [2.75, 3.05) is 37.4 Å². The summed E-state index contributed by atoms with van der Waals surface area (Å²) in [6.07, 6.45) is 4.55. The Morgan fingerprint density at radius 3 is 2.63 bits per heavy atom. The van der Waals surface area contributed by atoms with E-state index in [1.54, 1.807) is 43.5 Å². The van der Waals surface area contributed by atoms with Crippen LogP contribution < -0.4 is 26.0 Å². The van der Waals surface area contributed by atoms with E-state index >= 15 is 0 Å². The summed E-state index contributed by atoms with van der Waals surface area (Å²) < 4.78 is 11.4. The third kappa shape index (κ3) is 8.66. The van der Waals surface area contributed by atoms with Crippen molar-refractivity contribution < 1.29 is 14.3 Å². The predicted octanol–water partition coefficient (Wildman–Crippen LogP) is 6.41. The van der Waals surface area contributed by atoms with Crippen LogP contribution in [-0.2, 0) is 4.74 Å². The molecule has 3 aromatic rings. The van der Waals surface area contributed by atoms with Crippen molar-refractivity contribution in [3.05, 3.63) is 70.5 Å². The highest BCUT2D eigenvalue weighted by Gasteiger charge is 2.20. The van der Waals surface area contributed by atoms with Crippen LogP contribution >= 0.6 is 11.6 Å². The molecule has 0 fully saturated rings. The summed E-state index contributed by atoms with van der Waals surface area (Å²) in [7, 11) is 1.71. The average molecular weight is 579 g/mol. The van der Waals surface area contributed by atoms with Gasteiger partial charge in [0, 0.05) is 42.5 Å². The molecule has 0 aliphatic carbocycles. The molecule has 218 valence electrons. The van der Waals surface area contributed by atoms with Gasteiger partial charge in [0.15, 0.2) is 0 Å². The van der Waals surface area contributed by atoms with E-state index in [1.165, 1.54) is 11.9 Å². The molecule has 0 atom stereocenters. The quantitative estimate of drug-likeness (QED) is 0.218. The fourth-order valence-corrected chi connectivity index (χ4v) is 4.55. The minimum absolute atomic E-state index is 0.146. The van der Waals surface area contributed by atoms with Crippen LogP contribution in [0.25, 0.3) is 6.08 Å². The molecular formula is C31H39ClN6O3. The van der Waals surface area contributed by atoms with Crippen molar-refractivity contribution in [3.63, 3.8) is 0 Å². The van der Waals surface area contributed by atoms with Gasteiger partial charge in [0.25, 0.3) is 5.91 Å². The third-order valence-corrected chi connectivity index (χ3v) is 6.57. The number of methoxy groups -OCH3 is 1. The van der Waals surface area contributed by atoms with E-state index in [4.69, 9.17) is 21.1 Å². The molecule has 1 aliphatic heterocycles. The van der Waals surface area contributed by atoms with Crippen LogP contribution in [0.15, 0.2) is 54.4 Å². The summed E-state index contributed by atoms with van der Waals surface area (Å²) >= 11 is 6.62. The van der Waals surface area contributed by atoms with Crippen LogP contribution in [0.4, 0.5) is 17.3 Å². The van der Waals surface area contributed by atoms with E-state index in [9.17, 15) is 4.79 Å². The fourth-order valence-electron chi connectivity index (χ4n) is 4.33. The van der Waals surface area contributed by atoms with Crippen molar-refractivity contribution >= 4 is 40.9 Å². The second-order valence-corrected chi connectivity index (χ2v) is 12.1. The summed E-state index contributed by atoms with van der Waals surface area (Å²) in [5.74, 6) is 2.26. The number of rotatable bonds is 10. The van der Waals surface area contributed by atoms with Gasteiger partial charge in [-0.2, -0.15) is 0 Å². The van der Waals surface area contributed by atoms with Gasteiger partial charge in [0.05, 0.1) is 17.2 Å². The van der Waals surface area contributed by atoms with Crippen LogP contribution in [0.3, 0.4) is 0 Å². The Balaban J connectivity index is 1.50. The molecule has 10 heteroatoms. The number of nitrogens with one attached hydrogen (secondary N) is 4. The summed E-state index contributed by atoms with van der Waals surface area (Å²) in [6.45, 7) is 12.2. The Kier molecular flexibility index (Phi) is 9.53. The lowest BCUT2D eigenvalue weighted by Crippen LogP contribution is -2.44. The first-order chi connectivity index (χ1) is 19.4. The Morgan fingerprint density at radius 2 is 1.90 bits per heavy atom. The number of ether oxygens (including phenoxy) is 2. The average Bonchev–Trinajstić information content (AvgIpc) is 3.11. The summed E-state index contributed by atoms with van der Waals surface area (Å²) in [6, 6.07) is 12.4. The molecule has 0 bridgehead atoms. The molecule has 0 saturated carbocycles. The highest BCUT2D eigenvalue weighted by Crippen LogP contribution is 2.34. The molecule has 2 heterocycles. The molecule has 2 aromatic carbocycles. The minimum Gasteiger partial charge on any atom is -0.456 e. The number of hydrogen-bond donors (Lipinski definition) is 4. The highest BCUT2D eigenvalue weighted by molar-refractivity contribution is 6.32. The zero-order valence-corrected chi connectivity index (χ0v) is 25.3. The second-order valence-electron chi connectivity index (χ2n) is 11.7. The van der Waals surface area contributed by atoms with Gasteiger partial charge in [-0.05, 0) is 83.5 Å². The lowest BCUT2D eigenvalue weighted by atomic mass is 10.0. The number of benzene rings is 2. The number of hydrogen-bond acceptors (Lipinski definition) is 8. The van der Waals surface area contributed by atoms with Crippen LogP contribution in [0, 0.1) is 0 Å². The number of amides is 1. The summed E-state index contributed by atoms with van der Waals surface area (Å²) in [4.78, 5) is 21.5. The number of anilines is 3. The predicted molar refractivity (Wildman–Crippen MR) is 166 cm³/mol. The largest absolute Gasteiger partial charge is 0.456 e. The smallest absolute Gasteiger partial charge is 0.251 e.